The fourth-order valence-electron chi connectivity index (χ4n) is 4.50. The molecule has 0 amide bonds. The Morgan fingerprint density at radius 2 is 1.69 bits per heavy atom. The zero-order valence-electron chi connectivity index (χ0n) is 18.7. The molecule has 2 aromatic carbocycles. The quantitative estimate of drug-likeness (QED) is 0.382. The Morgan fingerprint density at radius 1 is 0.886 bits per heavy atom. The summed E-state index contributed by atoms with van der Waals surface area (Å²) >= 11 is 0. The van der Waals surface area contributed by atoms with Gasteiger partial charge >= 0.3 is 0 Å². The van der Waals surface area contributed by atoms with Crippen LogP contribution >= 0.6 is 0 Å². The van der Waals surface area contributed by atoms with Crippen LogP contribution in [0.4, 0.5) is 14.6 Å². The highest BCUT2D eigenvalue weighted by molar-refractivity contribution is 5.98. The zero-order chi connectivity index (χ0) is 24.3. The highest BCUT2D eigenvalue weighted by Gasteiger charge is 2.21. The minimum absolute atomic E-state index is 0.0480. The second-order valence-electron chi connectivity index (χ2n) is 8.17. The predicted molar refractivity (Wildman–Crippen MR) is 129 cm³/mol. The van der Waals surface area contributed by atoms with Crippen LogP contribution in [-0.2, 0) is 0 Å². The topological polar surface area (TPSA) is 111 Å². The summed E-state index contributed by atoms with van der Waals surface area (Å²) < 4.78 is 31.3. The number of nitrogens with one attached hydrogen (secondary N) is 1. The Balaban J connectivity index is 1.75. The molecule has 0 spiro atoms. The van der Waals surface area contributed by atoms with Gasteiger partial charge in [0.05, 0.1) is 16.6 Å². The lowest BCUT2D eigenvalue weighted by atomic mass is 9.98. The summed E-state index contributed by atoms with van der Waals surface area (Å²) in [6, 6.07) is 9.60. The second kappa shape index (κ2) is 7.66. The standard InChI is InChI=1S/C25H18F2N8/c1-12-15(5-7-30-24(12)28)14-9-16(25-31-11-32-34-25)22-20(10-14)35(13(2)33-22)19-6-8-29-23-18(27)4-3-17(26)21(19)23/h3-11H,1-2H3,(H2,28,30)(H,31,32,34). The maximum atomic E-state index is 15.0. The number of pyridine rings is 2. The van der Waals surface area contributed by atoms with Crippen LogP contribution < -0.4 is 5.73 Å². The molecule has 172 valence electrons. The van der Waals surface area contributed by atoms with Crippen molar-refractivity contribution < 1.29 is 8.78 Å². The first-order valence-electron chi connectivity index (χ1n) is 10.8. The molecule has 0 unspecified atom stereocenters. The first kappa shape index (κ1) is 20.8. The Hall–Kier alpha value is -4.73. The van der Waals surface area contributed by atoms with Gasteiger partial charge in [-0.25, -0.2) is 23.7 Å². The smallest absolute Gasteiger partial charge is 0.157 e. The van der Waals surface area contributed by atoms with E-state index in [1.807, 2.05) is 32.0 Å². The lowest BCUT2D eigenvalue weighted by Gasteiger charge is -2.14. The van der Waals surface area contributed by atoms with Crippen LogP contribution in [0.2, 0.25) is 0 Å². The number of hydrogen-bond donors (Lipinski definition) is 2. The number of benzene rings is 2. The van der Waals surface area contributed by atoms with Crippen molar-refractivity contribution in [2.75, 3.05) is 5.73 Å². The number of hydrogen-bond acceptors (Lipinski definition) is 6. The molecule has 3 N–H and O–H groups in total. The first-order chi connectivity index (χ1) is 16.9. The van der Waals surface area contributed by atoms with Gasteiger partial charge < -0.3 is 5.73 Å². The predicted octanol–water partition coefficient (Wildman–Crippen LogP) is 4.90. The summed E-state index contributed by atoms with van der Waals surface area (Å²) in [6.45, 7) is 3.70. The molecule has 0 atom stereocenters. The first-order valence-corrected chi connectivity index (χ1v) is 10.8. The van der Waals surface area contributed by atoms with Crippen LogP contribution in [0.1, 0.15) is 11.4 Å². The van der Waals surface area contributed by atoms with Crippen molar-refractivity contribution in [3.05, 3.63) is 78.1 Å². The summed E-state index contributed by atoms with van der Waals surface area (Å²) in [5.41, 5.74) is 11.0. The number of imidazole rings is 1. The van der Waals surface area contributed by atoms with Crippen molar-refractivity contribution in [1.29, 1.82) is 0 Å². The number of aromatic nitrogens is 7. The molecule has 35 heavy (non-hydrogen) atoms. The summed E-state index contributed by atoms with van der Waals surface area (Å²) in [5, 5.41) is 6.96. The number of nitrogen functional groups attached to an aromatic ring is 1. The van der Waals surface area contributed by atoms with Gasteiger partial charge in [0, 0.05) is 18.0 Å². The van der Waals surface area contributed by atoms with E-state index in [1.165, 1.54) is 12.5 Å². The average molecular weight is 468 g/mol. The molecule has 0 saturated heterocycles. The summed E-state index contributed by atoms with van der Waals surface area (Å²) in [6.07, 6.45) is 4.52. The van der Waals surface area contributed by atoms with E-state index in [2.05, 4.69) is 25.1 Å². The van der Waals surface area contributed by atoms with Crippen molar-refractivity contribution in [2.24, 2.45) is 0 Å². The van der Waals surface area contributed by atoms with Gasteiger partial charge in [-0.2, -0.15) is 5.10 Å². The lowest BCUT2D eigenvalue weighted by molar-refractivity contribution is 0.615. The molecule has 0 fully saturated rings. The molecular weight excluding hydrogens is 450 g/mol. The van der Waals surface area contributed by atoms with Crippen LogP contribution in [0.3, 0.4) is 0 Å². The molecule has 10 heteroatoms. The average Bonchev–Trinajstić information content (AvgIpc) is 3.50. The van der Waals surface area contributed by atoms with Crippen molar-refractivity contribution in [3.8, 4) is 28.2 Å². The number of halogens is 2. The molecule has 0 radical (unpaired) electrons. The van der Waals surface area contributed by atoms with Gasteiger partial charge in [0.1, 0.15) is 40.6 Å². The minimum atomic E-state index is -0.601. The fourth-order valence-corrected chi connectivity index (χ4v) is 4.50. The molecule has 0 aliphatic heterocycles. The van der Waals surface area contributed by atoms with E-state index in [0.717, 1.165) is 28.8 Å². The lowest BCUT2D eigenvalue weighted by Crippen LogP contribution is -2.02. The van der Waals surface area contributed by atoms with Gasteiger partial charge in [-0.3, -0.25) is 14.6 Å². The van der Waals surface area contributed by atoms with E-state index in [-0.39, 0.29) is 10.9 Å². The summed E-state index contributed by atoms with van der Waals surface area (Å²) in [7, 11) is 0. The summed E-state index contributed by atoms with van der Waals surface area (Å²) in [4.78, 5) is 17.3. The van der Waals surface area contributed by atoms with Gasteiger partial charge in [0.15, 0.2) is 5.82 Å². The van der Waals surface area contributed by atoms with Gasteiger partial charge in [-0.15, -0.1) is 0 Å². The van der Waals surface area contributed by atoms with E-state index < -0.39 is 11.6 Å². The third-order valence-corrected chi connectivity index (χ3v) is 6.16. The van der Waals surface area contributed by atoms with Gasteiger partial charge in [-0.05, 0) is 66.9 Å². The fraction of sp³-hybridized carbons (Fsp3) is 0.0800. The van der Waals surface area contributed by atoms with Crippen molar-refractivity contribution in [2.45, 2.75) is 13.8 Å². The molecule has 0 aliphatic rings. The van der Waals surface area contributed by atoms with E-state index in [1.54, 1.807) is 16.8 Å². The largest absolute Gasteiger partial charge is 0.383 e. The Kier molecular flexibility index (Phi) is 4.56. The van der Waals surface area contributed by atoms with Crippen LogP contribution in [0.15, 0.2) is 55.1 Å². The molecule has 4 aromatic heterocycles. The number of H-pyrrole nitrogens is 1. The van der Waals surface area contributed by atoms with E-state index in [4.69, 9.17) is 10.7 Å². The number of nitrogens with zero attached hydrogens (tertiary/aromatic N) is 6. The van der Waals surface area contributed by atoms with Crippen LogP contribution in [0, 0.1) is 25.5 Å². The maximum absolute atomic E-state index is 15.0. The van der Waals surface area contributed by atoms with Crippen molar-refractivity contribution in [3.63, 3.8) is 0 Å². The van der Waals surface area contributed by atoms with Crippen molar-refractivity contribution >= 4 is 27.8 Å². The molecule has 0 bridgehead atoms. The van der Waals surface area contributed by atoms with E-state index >= 15 is 4.39 Å². The molecule has 4 heterocycles. The highest BCUT2D eigenvalue weighted by Crippen LogP contribution is 2.37. The number of rotatable bonds is 3. The number of nitrogens with two attached hydrogens (primary N) is 1. The summed E-state index contributed by atoms with van der Waals surface area (Å²) in [5.74, 6) is 0.357. The number of aromatic amines is 1. The van der Waals surface area contributed by atoms with Crippen LogP contribution in [-0.4, -0.2) is 34.7 Å². The Labute approximate surface area is 197 Å². The van der Waals surface area contributed by atoms with Gasteiger partial charge in [-0.1, -0.05) is 0 Å². The Morgan fingerprint density at radius 3 is 2.49 bits per heavy atom. The Bertz CT molecular complexity index is 1760. The van der Waals surface area contributed by atoms with E-state index in [0.29, 0.717) is 39.8 Å². The normalized spacial score (nSPS) is 11.5. The molecule has 6 aromatic rings. The molecule has 8 nitrogen and oxygen atoms in total. The molecular formula is C25H18F2N8. The highest BCUT2D eigenvalue weighted by atomic mass is 19.1. The number of aryl methyl sites for hydroxylation is 1. The van der Waals surface area contributed by atoms with Gasteiger partial charge in [0.25, 0.3) is 0 Å². The molecule has 0 aliphatic carbocycles. The van der Waals surface area contributed by atoms with Gasteiger partial charge in [0.2, 0.25) is 0 Å². The SMILES string of the molecule is Cc1c(-c2cc(-c3ncn[nH]3)c3nc(C)n(-c4ccnc5c(F)ccc(F)c45)c3c2)ccnc1N. The third kappa shape index (κ3) is 3.14. The second-order valence-corrected chi connectivity index (χ2v) is 8.17. The number of fused-ring (bicyclic) bond motifs is 2. The zero-order valence-corrected chi connectivity index (χ0v) is 18.7. The molecule has 6 rings (SSSR count). The monoisotopic (exact) mass is 468 g/mol. The number of anilines is 1. The van der Waals surface area contributed by atoms with Crippen LogP contribution in [0.25, 0.3) is 50.1 Å². The third-order valence-electron chi connectivity index (χ3n) is 6.16. The van der Waals surface area contributed by atoms with E-state index in [9.17, 15) is 4.39 Å². The maximum Gasteiger partial charge on any atom is 0.157 e. The minimum Gasteiger partial charge on any atom is -0.383 e. The molecule has 0 saturated carbocycles. The van der Waals surface area contributed by atoms with Crippen LogP contribution in [0.5, 0.6) is 0 Å². The van der Waals surface area contributed by atoms with Crippen molar-refractivity contribution in [1.82, 2.24) is 34.7 Å².